The average molecular weight is 395 g/mol. The fraction of sp³-hybridized carbons (Fsp3) is 1.00. The first kappa shape index (κ1) is 29.7. The van der Waals surface area contributed by atoms with Crippen LogP contribution in [0.15, 0.2) is 0 Å². The van der Waals surface area contributed by atoms with Crippen LogP contribution in [0.2, 0.25) is 0 Å². The third kappa shape index (κ3) is 22.5. The first-order chi connectivity index (χ1) is 2.81. The summed E-state index contributed by atoms with van der Waals surface area (Å²) >= 11 is 1.40. The molecule has 10 heavy (non-hydrogen) atoms. The van der Waals surface area contributed by atoms with Crippen molar-refractivity contribution in [1.82, 2.24) is 3.30 Å². The number of halogens is 4. The van der Waals surface area contributed by atoms with E-state index >= 15 is 0 Å². The minimum atomic E-state index is 0. The topological polar surface area (TPSA) is 3.24 Å². The molecular formula is C4H10Cl4NTa. The molecule has 0 fully saturated rings. The maximum atomic E-state index is 2.36. The van der Waals surface area contributed by atoms with Gasteiger partial charge in [-0.1, -0.05) is 0 Å². The SMILES string of the molecule is CC[N]([Ta+4])CC.[Cl-].[Cl-].[Cl-].[Cl-]. The molecule has 0 aromatic carbocycles. The quantitative estimate of drug-likeness (QED) is 0.450. The van der Waals surface area contributed by atoms with E-state index in [4.69, 9.17) is 0 Å². The monoisotopic (exact) mass is 393 g/mol. The van der Waals surface area contributed by atoms with Gasteiger partial charge in [0.15, 0.2) is 0 Å². The molecular weight excluding hydrogens is 385 g/mol. The van der Waals surface area contributed by atoms with Gasteiger partial charge in [0.05, 0.1) is 0 Å². The number of rotatable bonds is 2. The predicted molar refractivity (Wildman–Crippen MR) is 22.9 cm³/mol. The first-order valence-corrected chi connectivity index (χ1v) is 3.68. The minimum Gasteiger partial charge on any atom is -1.00 e. The summed E-state index contributed by atoms with van der Waals surface area (Å²) in [6.07, 6.45) is 0. The molecule has 0 atom stereocenters. The Morgan fingerprint density at radius 1 is 0.900 bits per heavy atom. The van der Waals surface area contributed by atoms with Gasteiger partial charge in [-0.15, -0.1) is 0 Å². The summed E-state index contributed by atoms with van der Waals surface area (Å²) in [4.78, 5) is 0. The van der Waals surface area contributed by atoms with Crippen LogP contribution in [-0.4, -0.2) is 16.4 Å². The Bertz CT molecular complexity index is 36.4. The third-order valence-electron chi connectivity index (χ3n) is 0.730. The summed E-state index contributed by atoms with van der Waals surface area (Å²) < 4.78 is 2.36. The van der Waals surface area contributed by atoms with Gasteiger partial charge in [0, 0.05) is 0 Å². The standard InChI is InChI=1S/C4H10N.4ClH.Ta/c1-3-5-4-2;;;;;/h3-4H2,1-2H3;4*1H;/q-1;;;;;+5/p-4. The Morgan fingerprint density at radius 3 is 1.10 bits per heavy atom. The number of hydrogen-bond donors (Lipinski definition) is 0. The van der Waals surface area contributed by atoms with Gasteiger partial charge in [0.25, 0.3) is 0 Å². The molecule has 1 nitrogen and oxygen atoms in total. The van der Waals surface area contributed by atoms with Gasteiger partial charge in [-0.25, -0.2) is 0 Å². The normalized spacial score (nSPS) is 6.10. The van der Waals surface area contributed by atoms with Crippen molar-refractivity contribution in [3.05, 3.63) is 0 Å². The van der Waals surface area contributed by atoms with Crippen molar-refractivity contribution in [3.63, 3.8) is 0 Å². The fourth-order valence-corrected chi connectivity index (χ4v) is 0.224. The Balaban J connectivity index is -0.0000000208. The van der Waals surface area contributed by atoms with Crippen molar-refractivity contribution in [1.29, 1.82) is 0 Å². The Kier molecular flexibility index (Phi) is 66.7. The molecule has 0 N–H and O–H groups in total. The van der Waals surface area contributed by atoms with E-state index in [0.717, 1.165) is 0 Å². The van der Waals surface area contributed by atoms with Gasteiger partial charge >= 0.3 is 51.6 Å². The van der Waals surface area contributed by atoms with Gasteiger partial charge in [0.1, 0.15) is 0 Å². The van der Waals surface area contributed by atoms with Gasteiger partial charge in [0.2, 0.25) is 0 Å². The van der Waals surface area contributed by atoms with E-state index in [2.05, 4.69) is 17.2 Å². The van der Waals surface area contributed by atoms with E-state index < -0.39 is 0 Å². The Morgan fingerprint density at radius 2 is 1.10 bits per heavy atom. The van der Waals surface area contributed by atoms with Crippen molar-refractivity contribution in [2.45, 2.75) is 13.8 Å². The van der Waals surface area contributed by atoms with Gasteiger partial charge < -0.3 is 49.6 Å². The second kappa shape index (κ2) is 22.4. The molecule has 0 bridgehead atoms. The van der Waals surface area contributed by atoms with Crippen LogP contribution in [-0.2, 0) is 21.3 Å². The molecule has 0 saturated heterocycles. The second-order valence-electron chi connectivity index (χ2n) is 1.14. The van der Waals surface area contributed by atoms with Crippen molar-refractivity contribution in [2.75, 3.05) is 13.1 Å². The molecule has 0 rings (SSSR count). The van der Waals surface area contributed by atoms with E-state index in [1.807, 2.05) is 0 Å². The van der Waals surface area contributed by atoms with Crippen LogP contribution >= 0.6 is 0 Å². The molecule has 0 saturated carbocycles. The number of nitrogens with zero attached hydrogens (tertiary/aromatic N) is 1. The van der Waals surface area contributed by atoms with Crippen LogP contribution < -0.4 is 49.6 Å². The molecule has 0 radical (unpaired) electrons. The molecule has 0 amide bonds. The molecule has 64 valence electrons. The second-order valence-corrected chi connectivity index (χ2v) is 3.17. The summed E-state index contributed by atoms with van der Waals surface area (Å²) in [7, 11) is 0. The van der Waals surface area contributed by atoms with Crippen LogP contribution in [0.3, 0.4) is 0 Å². The fourth-order valence-electron chi connectivity index (χ4n) is 0.224. The maximum absolute atomic E-state index is 2.36. The molecule has 0 aliphatic carbocycles. The average Bonchev–Trinajstić information content (AvgIpc) is 1.65. The van der Waals surface area contributed by atoms with E-state index in [9.17, 15) is 0 Å². The largest absolute Gasteiger partial charge is 1.00 e. The maximum Gasteiger partial charge on any atom is -1.00 e. The van der Waals surface area contributed by atoms with E-state index in [-0.39, 0.29) is 49.6 Å². The molecule has 0 heterocycles. The molecule has 0 aliphatic heterocycles. The molecule has 0 aliphatic rings. The van der Waals surface area contributed by atoms with E-state index in [1.165, 1.54) is 34.4 Å². The summed E-state index contributed by atoms with van der Waals surface area (Å²) in [6, 6.07) is 0. The number of hydrogen-bond acceptors (Lipinski definition) is 1. The zero-order valence-electron chi connectivity index (χ0n) is 5.82. The first-order valence-electron chi connectivity index (χ1n) is 2.25. The molecule has 0 unspecified atom stereocenters. The van der Waals surface area contributed by atoms with Gasteiger partial charge in [-0.2, -0.15) is 0 Å². The molecule has 6 heteroatoms. The summed E-state index contributed by atoms with van der Waals surface area (Å²) in [6.45, 7) is 6.79. The molecule has 0 aromatic rings. The van der Waals surface area contributed by atoms with E-state index in [1.54, 1.807) is 0 Å². The van der Waals surface area contributed by atoms with Crippen molar-refractivity contribution in [3.8, 4) is 0 Å². The molecule has 0 spiro atoms. The van der Waals surface area contributed by atoms with Gasteiger partial charge in [-0.05, 0) is 0 Å². The predicted octanol–water partition coefficient (Wildman–Crippen LogP) is -11.2. The third-order valence-corrected chi connectivity index (χ3v) is 2.76. The van der Waals surface area contributed by atoms with Crippen LogP contribution in [0.5, 0.6) is 0 Å². The molecule has 0 aromatic heterocycles. The summed E-state index contributed by atoms with van der Waals surface area (Å²) in [5.41, 5.74) is 0. The van der Waals surface area contributed by atoms with Crippen LogP contribution in [0, 0.1) is 0 Å². The van der Waals surface area contributed by atoms with Crippen molar-refractivity contribution in [2.24, 2.45) is 0 Å². The zero-order valence-corrected chi connectivity index (χ0v) is 12.1. The zero-order chi connectivity index (χ0) is 4.99. The van der Waals surface area contributed by atoms with Crippen LogP contribution in [0.1, 0.15) is 13.8 Å². The minimum absolute atomic E-state index is 0. The Hall–Kier alpha value is 1.86. The van der Waals surface area contributed by atoms with Crippen LogP contribution in [0.4, 0.5) is 0 Å². The van der Waals surface area contributed by atoms with Crippen molar-refractivity contribution >= 4 is 0 Å². The summed E-state index contributed by atoms with van der Waals surface area (Å²) in [5.74, 6) is 0. The van der Waals surface area contributed by atoms with Crippen LogP contribution in [0.25, 0.3) is 0 Å². The van der Waals surface area contributed by atoms with Crippen molar-refractivity contribution < 1.29 is 71.0 Å². The summed E-state index contributed by atoms with van der Waals surface area (Å²) in [5, 5.41) is 0. The van der Waals surface area contributed by atoms with E-state index in [0.29, 0.717) is 0 Å². The smallest absolute Gasteiger partial charge is 1.00 e. The van der Waals surface area contributed by atoms with Gasteiger partial charge in [-0.3, -0.25) is 0 Å². The Labute approximate surface area is 101 Å².